The Kier molecular flexibility index (Phi) is 2.42. The fourth-order valence-electron chi connectivity index (χ4n) is 1.33. The summed E-state index contributed by atoms with van der Waals surface area (Å²) in [4.78, 5) is 15.4. The number of alkyl carbamates (subject to hydrolysis) is 1. The third-order valence-electron chi connectivity index (χ3n) is 2.19. The van der Waals surface area contributed by atoms with Crippen molar-refractivity contribution >= 4 is 17.4 Å². The molecule has 2 rings (SSSR count). The van der Waals surface area contributed by atoms with Gasteiger partial charge in [-0.05, 0) is 0 Å². The van der Waals surface area contributed by atoms with Gasteiger partial charge in [0.15, 0.2) is 0 Å². The monoisotopic (exact) mass is 226 g/mol. The number of cyclic esters (lactones) is 1. The summed E-state index contributed by atoms with van der Waals surface area (Å²) in [5.74, 6) is 0. The van der Waals surface area contributed by atoms with Gasteiger partial charge in [0.05, 0.1) is 10.7 Å². The molecule has 15 heavy (non-hydrogen) atoms. The largest absolute Gasteiger partial charge is 0.447 e. The van der Waals surface area contributed by atoms with Gasteiger partial charge in [0.25, 0.3) is 0 Å². The van der Waals surface area contributed by atoms with E-state index in [1.165, 1.54) is 0 Å². The van der Waals surface area contributed by atoms with Gasteiger partial charge < -0.3 is 10.1 Å². The molecule has 0 aromatic carbocycles. The van der Waals surface area contributed by atoms with E-state index < -0.39 is 0 Å². The molecule has 1 N–H and O–H groups in total. The van der Waals surface area contributed by atoms with E-state index >= 15 is 0 Å². The van der Waals surface area contributed by atoms with Gasteiger partial charge in [-0.3, -0.25) is 0 Å². The molecule has 1 fully saturated rings. The summed E-state index contributed by atoms with van der Waals surface area (Å²) in [6.45, 7) is 6.75. The van der Waals surface area contributed by atoms with E-state index in [9.17, 15) is 4.79 Å². The van der Waals surface area contributed by atoms with Crippen LogP contribution in [0.1, 0.15) is 37.5 Å². The van der Waals surface area contributed by atoms with Gasteiger partial charge in [-0.25, -0.2) is 9.78 Å². The zero-order valence-electron chi connectivity index (χ0n) is 9.03. The number of amides is 1. The first-order valence-electron chi connectivity index (χ1n) is 4.86. The average Bonchev–Trinajstić information content (AvgIpc) is 2.69. The van der Waals surface area contributed by atoms with E-state index in [2.05, 4.69) is 31.1 Å². The molecule has 1 aromatic heterocycles. The SMILES string of the molecule is CC(C)(C)c1nc(C2COC(=O)N2)cs1. The first-order valence-corrected chi connectivity index (χ1v) is 5.74. The van der Waals surface area contributed by atoms with Crippen molar-refractivity contribution in [2.45, 2.75) is 32.2 Å². The molecular formula is C10H14N2O2S. The van der Waals surface area contributed by atoms with Crippen molar-refractivity contribution in [3.63, 3.8) is 0 Å². The first-order chi connectivity index (χ1) is 6.97. The van der Waals surface area contributed by atoms with Crippen LogP contribution in [0.5, 0.6) is 0 Å². The minimum absolute atomic E-state index is 0.0619. The lowest BCUT2D eigenvalue weighted by atomic mass is 9.98. The number of nitrogens with one attached hydrogen (secondary N) is 1. The molecule has 1 unspecified atom stereocenters. The average molecular weight is 226 g/mol. The topological polar surface area (TPSA) is 51.2 Å². The highest BCUT2D eigenvalue weighted by atomic mass is 32.1. The molecule has 82 valence electrons. The van der Waals surface area contributed by atoms with E-state index in [0.29, 0.717) is 6.61 Å². The smallest absolute Gasteiger partial charge is 0.407 e. The Labute approximate surface area is 92.7 Å². The molecule has 0 saturated carbocycles. The Morgan fingerprint density at radius 1 is 1.60 bits per heavy atom. The van der Waals surface area contributed by atoms with Crippen LogP contribution in [0, 0.1) is 0 Å². The number of thiazole rings is 1. The molecule has 1 saturated heterocycles. The van der Waals surface area contributed by atoms with Gasteiger partial charge in [0.1, 0.15) is 12.6 Å². The predicted octanol–water partition coefficient (Wildman–Crippen LogP) is 2.22. The Morgan fingerprint density at radius 3 is 2.80 bits per heavy atom. The maximum absolute atomic E-state index is 10.9. The summed E-state index contributed by atoms with van der Waals surface area (Å²) in [5, 5.41) is 5.79. The summed E-state index contributed by atoms with van der Waals surface area (Å²) in [7, 11) is 0. The summed E-state index contributed by atoms with van der Waals surface area (Å²) in [5.41, 5.74) is 0.961. The molecule has 0 radical (unpaired) electrons. The molecule has 0 bridgehead atoms. The van der Waals surface area contributed by atoms with Crippen LogP contribution in [0.4, 0.5) is 4.79 Å². The van der Waals surface area contributed by atoms with E-state index in [-0.39, 0.29) is 17.6 Å². The van der Waals surface area contributed by atoms with E-state index in [1.807, 2.05) is 5.38 Å². The minimum Gasteiger partial charge on any atom is -0.447 e. The standard InChI is InChI=1S/C10H14N2O2S/c1-10(2,3)8-11-7(5-15-8)6-4-14-9(13)12-6/h5-6H,4H2,1-3H3,(H,12,13). The van der Waals surface area contributed by atoms with Crippen molar-refractivity contribution < 1.29 is 9.53 Å². The van der Waals surface area contributed by atoms with E-state index in [1.54, 1.807) is 11.3 Å². The molecule has 1 aliphatic rings. The lowest BCUT2D eigenvalue weighted by molar-refractivity contribution is 0.177. The van der Waals surface area contributed by atoms with Crippen molar-refractivity contribution in [3.8, 4) is 0 Å². The van der Waals surface area contributed by atoms with Crippen LogP contribution in [0.25, 0.3) is 0 Å². The quantitative estimate of drug-likeness (QED) is 0.798. The summed E-state index contributed by atoms with van der Waals surface area (Å²) in [6.07, 6.45) is -0.356. The minimum atomic E-state index is -0.356. The predicted molar refractivity (Wildman–Crippen MR) is 58.0 cm³/mol. The maximum Gasteiger partial charge on any atom is 0.407 e. The van der Waals surface area contributed by atoms with Gasteiger partial charge in [-0.1, -0.05) is 20.8 Å². The van der Waals surface area contributed by atoms with Crippen LogP contribution in [0.3, 0.4) is 0 Å². The Morgan fingerprint density at radius 2 is 2.33 bits per heavy atom. The van der Waals surface area contributed by atoms with E-state index in [0.717, 1.165) is 10.7 Å². The normalized spacial score (nSPS) is 21.3. The zero-order valence-corrected chi connectivity index (χ0v) is 9.85. The molecule has 1 amide bonds. The lowest BCUT2D eigenvalue weighted by Gasteiger charge is -2.13. The van der Waals surface area contributed by atoms with Crippen LogP contribution in [0.2, 0.25) is 0 Å². The number of carbonyl (C=O) groups excluding carboxylic acids is 1. The second-order valence-corrected chi connectivity index (χ2v) is 5.48. The van der Waals surface area contributed by atoms with E-state index in [4.69, 9.17) is 4.74 Å². The molecule has 0 aliphatic carbocycles. The third kappa shape index (κ3) is 2.12. The summed E-state index contributed by atoms with van der Waals surface area (Å²) < 4.78 is 4.83. The fraction of sp³-hybridized carbons (Fsp3) is 0.600. The molecule has 5 heteroatoms. The third-order valence-corrected chi connectivity index (χ3v) is 3.48. The molecular weight excluding hydrogens is 212 g/mol. The Hall–Kier alpha value is -1.10. The second-order valence-electron chi connectivity index (χ2n) is 4.62. The van der Waals surface area contributed by atoms with Gasteiger partial charge in [-0.15, -0.1) is 11.3 Å². The molecule has 2 heterocycles. The highest BCUT2D eigenvalue weighted by Crippen LogP contribution is 2.28. The Balaban J connectivity index is 2.17. The number of carbonyl (C=O) groups is 1. The van der Waals surface area contributed by atoms with Crippen LogP contribution in [-0.2, 0) is 10.2 Å². The number of hydrogen-bond donors (Lipinski definition) is 1. The number of hydrogen-bond acceptors (Lipinski definition) is 4. The van der Waals surface area contributed by atoms with Gasteiger partial charge >= 0.3 is 6.09 Å². The second kappa shape index (κ2) is 3.48. The number of rotatable bonds is 1. The highest BCUT2D eigenvalue weighted by molar-refractivity contribution is 7.09. The van der Waals surface area contributed by atoms with Gasteiger partial charge in [-0.2, -0.15) is 0 Å². The van der Waals surface area contributed by atoms with Crippen LogP contribution in [-0.4, -0.2) is 17.7 Å². The van der Waals surface area contributed by atoms with Crippen molar-refractivity contribution in [3.05, 3.63) is 16.1 Å². The van der Waals surface area contributed by atoms with Crippen LogP contribution >= 0.6 is 11.3 Å². The molecule has 1 aromatic rings. The zero-order chi connectivity index (χ0) is 11.1. The molecule has 1 aliphatic heterocycles. The van der Waals surface area contributed by atoms with Crippen LogP contribution < -0.4 is 5.32 Å². The van der Waals surface area contributed by atoms with Crippen LogP contribution in [0.15, 0.2) is 5.38 Å². The summed E-state index contributed by atoms with van der Waals surface area (Å²) >= 11 is 1.63. The maximum atomic E-state index is 10.9. The summed E-state index contributed by atoms with van der Waals surface area (Å²) in [6, 6.07) is -0.0788. The number of aromatic nitrogens is 1. The highest BCUT2D eigenvalue weighted by Gasteiger charge is 2.27. The van der Waals surface area contributed by atoms with Crippen molar-refractivity contribution in [2.24, 2.45) is 0 Å². The lowest BCUT2D eigenvalue weighted by Crippen LogP contribution is -2.19. The number of ether oxygens (including phenoxy) is 1. The van der Waals surface area contributed by atoms with Crippen molar-refractivity contribution in [1.29, 1.82) is 0 Å². The van der Waals surface area contributed by atoms with Gasteiger partial charge in [0, 0.05) is 10.8 Å². The molecule has 4 nitrogen and oxygen atoms in total. The Bertz CT molecular complexity index is 381. The van der Waals surface area contributed by atoms with Crippen molar-refractivity contribution in [1.82, 2.24) is 10.3 Å². The fourth-order valence-corrected chi connectivity index (χ4v) is 2.30. The first kappa shape index (κ1) is 10.4. The molecule has 1 atom stereocenters. The number of nitrogens with zero attached hydrogens (tertiary/aromatic N) is 1. The van der Waals surface area contributed by atoms with Crippen molar-refractivity contribution in [2.75, 3.05) is 6.61 Å². The molecule has 0 spiro atoms. The van der Waals surface area contributed by atoms with Gasteiger partial charge in [0.2, 0.25) is 0 Å².